The van der Waals surface area contributed by atoms with Crippen LogP contribution in [0.25, 0.3) is 0 Å². The first-order valence-electron chi connectivity index (χ1n) is 6.36. The van der Waals surface area contributed by atoms with E-state index in [1.54, 1.807) is 0 Å². The van der Waals surface area contributed by atoms with Crippen molar-refractivity contribution in [2.45, 2.75) is 59.3 Å². The van der Waals surface area contributed by atoms with Gasteiger partial charge < -0.3 is 15.3 Å². The topological polar surface area (TPSA) is 69.2 Å². The fourth-order valence-electron chi connectivity index (χ4n) is 0.837. The molecule has 3 nitrogen and oxygen atoms in total. The summed E-state index contributed by atoms with van der Waals surface area (Å²) in [4.78, 5) is 0. The van der Waals surface area contributed by atoms with Crippen molar-refractivity contribution in [2.75, 3.05) is 0 Å². The molecule has 0 amide bonds. The summed E-state index contributed by atoms with van der Waals surface area (Å²) in [5, 5.41) is 29.8. The first-order valence-corrected chi connectivity index (χ1v) is 6.36. The molecule has 0 aliphatic rings. The van der Waals surface area contributed by atoms with E-state index in [2.05, 4.69) is 19.7 Å². The van der Waals surface area contributed by atoms with Crippen LogP contribution in [0.4, 0.5) is 0 Å². The van der Waals surface area contributed by atoms with Gasteiger partial charge in [0.1, 0.15) is 0 Å². The summed E-state index contributed by atoms with van der Waals surface area (Å²) >= 11 is 0. The Morgan fingerprint density at radius 2 is 0.789 bits per heavy atom. The van der Waals surface area contributed by atoms with Gasteiger partial charge in [0, 0.05) is 0 Å². The van der Waals surface area contributed by atoms with E-state index < -0.39 is 0 Å². The fourth-order valence-corrected chi connectivity index (χ4v) is 0.837. The quantitative estimate of drug-likeness (QED) is 0.556. The molecule has 1 radical (unpaired) electrons. The first kappa shape index (κ1) is 26.7. The second kappa shape index (κ2) is 22.3. The molecule has 0 rings (SSSR count). The standard InChI is InChI=1S/3C5H10O.Fe/c3*1-3-4-5(2)6;/h3*6H,2-4H2,1H3;/q;;;+3/p-3. The Morgan fingerprint density at radius 1 is 0.632 bits per heavy atom. The third-order valence-electron chi connectivity index (χ3n) is 1.59. The second-order valence-electron chi connectivity index (χ2n) is 3.87. The third-order valence-corrected chi connectivity index (χ3v) is 1.59. The van der Waals surface area contributed by atoms with Gasteiger partial charge in [-0.2, -0.15) is 0 Å². The molecule has 0 heterocycles. The van der Waals surface area contributed by atoms with Crippen molar-refractivity contribution >= 4 is 0 Å². The zero-order valence-corrected chi connectivity index (χ0v) is 13.5. The van der Waals surface area contributed by atoms with Crippen molar-refractivity contribution in [2.24, 2.45) is 0 Å². The molecular formula is C15H27FeO3. The summed E-state index contributed by atoms with van der Waals surface area (Å²) in [7, 11) is 0. The van der Waals surface area contributed by atoms with Gasteiger partial charge in [0.2, 0.25) is 0 Å². The van der Waals surface area contributed by atoms with Gasteiger partial charge in [0.25, 0.3) is 0 Å². The van der Waals surface area contributed by atoms with Crippen molar-refractivity contribution in [1.82, 2.24) is 0 Å². The van der Waals surface area contributed by atoms with Crippen LogP contribution in [-0.2, 0) is 17.1 Å². The van der Waals surface area contributed by atoms with E-state index in [0.29, 0.717) is 19.3 Å². The molecule has 0 unspecified atom stereocenters. The van der Waals surface area contributed by atoms with Crippen molar-refractivity contribution in [1.29, 1.82) is 0 Å². The maximum atomic E-state index is 9.93. The van der Waals surface area contributed by atoms with E-state index in [-0.39, 0.29) is 34.3 Å². The molecule has 0 aromatic rings. The molecule has 0 N–H and O–H groups in total. The molecule has 0 aliphatic heterocycles. The van der Waals surface area contributed by atoms with Crippen LogP contribution in [0.1, 0.15) is 59.3 Å². The van der Waals surface area contributed by atoms with Crippen LogP contribution in [0.2, 0.25) is 0 Å². The molecule has 4 heteroatoms. The van der Waals surface area contributed by atoms with E-state index in [0.717, 1.165) is 19.3 Å². The molecule has 0 aromatic carbocycles. The summed E-state index contributed by atoms with van der Waals surface area (Å²) in [6, 6.07) is 0. The van der Waals surface area contributed by atoms with E-state index in [9.17, 15) is 15.3 Å². The summed E-state index contributed by atoms with van der Waals surface area (Å²) in [6.07, 6.45) is 4.63. The van der Waals surface area contributed by atoms with Gasteiger partial charge in [-0.1, -0.05) is 40.0 Å². The summed E-state index contributed by atoms with van der Waals surface area (Å²) in [6.45, 7) is 15.5. The van der Waals surface area contributed by atoms with Crippen LogP contribution < -0.4 is 15.3 Å². The minimum absolute atomic E-state index is 0. The molecule has 0 bridgehead atoms. The summed E-state index contributed by atoms with van der Waals surface area (Å²) < 4.78 is 0. The maximum Gasteiger partial charge on any atom is 3.00 e. The van der Waals surface area contributed by atoms with Crippen molar-refractivity contribution < 1.29 is 32.4 Å². The molecule has 0 saturated heterocycles. The number of allylic oxidation sites excluding steroid dienone is 3. The number of rotatable bonds is 6. The predicted octanol–water partition coefficient (Wildman–Crippen LogP) is 1.98. The Hall–Kier alpha value is -0.861. The van der Waals surface area contributed by atoms with Crippen LogP contribution in [0.5, 0.6) is 0 Å². The largest absolute Gasteiger partial charge is 3.00 e. The van der Waals surface area contributed by atoms with Gasteiger partial charge in [0.05, 0.1) is 0 Å². The predicted molar refractivity (Wildman–Crippen MR) is 72.1 cm³/mol. The van der Waals surface area contributed by atoms with E-state index in [1.807, 2.05) is 20.8 Å². The molecule has 0 aliphatic carbocycles. The minimum Gasteiger partial charge on any atom is -0.876 e. The third kappa shape index (κ3) is 59.3. The van der Waals surface area contributed by atoms with Crippen molar-refractivity contribution in [3.63, 3.8) is 0 Å². The van der Waals surface area contributed by atoms with Crippen LogP contribution >= 0.6 is 0 Å². The summed E-state index contributed by atoms with van der Waals surface area (Å²) in [5.74, 6) is 0.118. The fraction of sp³-hybridized carbons (Fsp3) is 0.600. The molecular weight excluding hydrogens is 284 g/mol. The van der Waals surface area contributed by atoms with Crippen LogP contribution in [0, 0.1) is 0 Å². The normalized spacial score (nSPS) is 7.74. The van der Waals surface area contributed by atoms with Gasteiger partial charge in [-0.15, -0.1) is 37.0 Å². The van der Waals surface area contributed by atoms with Gasteiger partial charge >= 0.3 is 17.1 Å². The zero-order chi connectivity index (χ0) is 15.0. The molecule has 0 aromatic heterocycles. The number of hydrogen-bond acceptors (Lipinski definition) is 3. The van der Waals surface area contributed by atoms with E-state index >= 15 is 0 Å². The van der Waals surface area contributed by atoms with Gasteiger partial charge in [0.15, 0.2) is 0 Å². The minimum atomic E-state index is 0. The smallest absolute Gasteiger partial charge is 0.876 e. The van der Waals surface area contributed by atoms with Crippen molar-refractivity contribution in [3.05, 3.63) is 37.0 Å². The Balaban J connectivity index is -0.0000000865. The monoisotopic (exact) mass is 311 g/mol. The summed E-state index contributed by atoms with van der Waals surface area (Å²) in [5.41, 5.74) is 0. The SMILES string of the molecule is C=C([O-])CCC.C=C([O-])CCC.C=C([O-])CCC.[Fe+3]. The zero-order valence-electron chi connectivity index (χ0n) is 12.4. The Kier molecular flexibility index (Phi) is 31.3. The molecule has 0 atom stereocenters. The van der Waals surface area contributed by atoms with Crippen LogP contribution in [0.15, 0.2) is 37.0 Å². The van der Waals surface area contributed by atoms with Gasteiger partial charge in [-0.25, -0.2) is 0 Å². The second-order valence-corrected chi connectivity index (χ2v) is 3.87. The van der Waals surface area contributed by atoms with Gasteiger partial charge in [-0.3, -0.25) is 0 Å². The average molecular weight is 311 g/mol. The Bertz CT molecular complexity index is 187. The Morgan fingerprint density at radius 3 is 0.789 bits per heavy atom. The van der Waals surface area contributed by atoms with E-state index in [1.165, 1.54) is 0 Å². The maximum absolute atomic E-state index is 9.93. The Labute approximate surface area is 129 Å². The molecule has 113 valence electrons. The molecule has 19 heavy (non-hydrogen) atoms. The van der Waals surface area contributed by atoms with Crippen molar-refractivity contribution in [3.8, 4) is 0 Å². The molecule has 0 saturated carbocycles. The average Bonchev–Trinajstić information content (AvgIpc) is 2.18. The van der Waals surface area contributed by atoms with Crippen LogP contribution in [-0.4, -0.2) is 0 Å². The van der Waals surface area contributed by atoms with E-state index in [4.69, 9.17) is 0 Å². The first-order chi connectivity index (χ1) is 8.31. The van der Waals surface area contributed by atoms with Gasteiger partial charge in [-0.05, 0) is 19.3 Å². The molecule has 0 spiro atoms. The molecule has 0 fully saturated rings. The van der Waals surface area contributed by atoms with Crippen LogP contribution in [0.3, 0.4) is 0 Å². The number of hydrogen-bond donors (Lipinski definition) is 0.